The van der Waals surface area contributed by atoms with E-state index in [0.717, 1.165) is 22.5 Å². The quantitative estimate of drug-likeness (QED) is 0.670. The Morgan fingerprint density at radius 3 is 2.81 bits per heavy atom. The summed E-state index contributed by atoms with van der Waals surface area (Å²) in [6.45, 7) is 0.468. The van der Waals surface area contributed by atoms with E-state index in [-0.39, 0.29) is 18.8 Å². The van der Waals surface area contributed by atoms with Gasteiger partial charge >= 0.3 is 5.69 Å². The van der Waals surface area contributed by atoms with Crippen LogP contribution in [0.3, 0.4) is 0 Å². The number of halogens is 1. The second kappa shape index (κ2) is 8.28. The van der Waals surface area contributed by atoms with E-state index in [2.05, 4.69) is 10.1 Å². The Hall–Kier alpha value is -2.78. The first-order chi connectivity index (χ1) is 13.0. The molecular weight excluding hydrogens is 367 g/mol. The van der Waals surface area contributed by atoms with Crippen molar-refractivity contribution in [3.63, 3.8) is 0 Å². The summed E-state index contributed by atoms with van der Waals surface area (Å²) in [6.07, 6.45) is 3.71. The minimum absolute atomic E-state index is 0.0421. The fourth-order valence-electron chi connectivity index (χ4n) is 2.62. The molecule has 0 amide bonds. The van der Waals surface area contributed by atoms with Crippen molar-refractivity contribution in [3.8, 4) is 11.1 Å². The molecule has 0 aliphatic rings. The minimum Gasteiger partial charge on any atom is -0.363 e. The van der Waals surface area contributed by atoms with Crippen LogP contribution in [0.5, 0.6) is 0 Å². The van der Waals surface area contributed by atoms with Crippen LogP contribution in [-0.4, -0.2) is 40.0 Å². The van der Waals surface area contributed by atoms with E-state index in [4.69, 9.17) is 5.73 Å². The third-order valence-electron chi connectivity index (χ3n) is 4.17. The van der Waals surface area contributed by atoms with Gasteiger partial charge in [-0.15, -0.1) is 0 Å². The number of hydrogen-bond acceptors (Lipinski definition) is 6. The first-order valence-electron chi connectivity index (χ1n) is 8.32. The van der Waals surface area contributed by atoms with Crippen LogP contribution in [0, 0.1) is 0 Å². The zero-order chi connectivity index (χ0) is 19.4. The molecule has 0 aliphatic carbocycles. The summed E-state index contributed by atoms with van der Waals surface area (Å²) in [5.41, 5.74) is 8.47. The lowest BCUT2D eigenvalue weighted by Gasteiger charge is -2.11. The summed E-state index contributed by atoms with van der Waals surface area (Å²) in [5, 5.41) is 8.10. The standard InChI is InChI=1S/C18H21FN6OS/c1-23(2)17-4-3-14(7-21-17)16-11-27-10-15(16)9-24-12-22-25(18(24)26)8-13(5-19)6-20/h3-5,7,10-12H,6,8-9,20H2,1-2H3/b13-5+. The van der Waals surface area contributed by atoms with Gasteiger partial charge in [-0.2, -0.15) is 16.4 Å². The molecule has 0 saturated heterocycles. The van der Waals surface area contributed by atoms with E-state index in [1.54, 1.807) is 11.3 Å². The van der Waals surface area contributed by atoms with Gasteiger partial charge < -0.3 is 10.6 Å². The highest BCUT2D eigenvalue weighted by Crippen LogP contribution is 2.28. The Balaban J connectivity index is 1.83. The predicted molar refractivity (Wildman–Crippen MR) is 106 cm³/mol. The number of nitrogens with two attached hydrogens (primary N) is 1. The molecule has 0 radical (unpaired) electrons. The molecule has 0 atom stereocenters. The maximum Gasteiger partial charge on any atom is 0.346 e. The first-order valence-corrected chi connectivity index (χ1v) is 9.27. The molecular formula is C18H21FN6OS. The molecule has 27 heavy (non-hydrogen) atoms. The molecule has 7 nitrogen and oxygen atoms in total. The molecule has 3 aromatic rings. The van der Waals surface area contributed by atoms with Crippen LogP contribution in [0.15, 0.2) is 52.1 Å². The number of nitrogens with zero attached hydrogens (tertiary/aromatic N) is 5. The fraction of sp³-hybridized carbons (Fsp3) is 0.278. The van der Waals surface area contributed by atoms with E-state index in [1.807, 2.05) is 48.1 Å². The molecule has 2 N–H and O–H groups in total. The Labute approximate surface area is 160 Å². The Kier molecular flexibility index (Phi) is 5.82. The lowest BCUT2D eigenvalue weighted by molar-refractivity contribution is 0.604. The van der Waals surface area contributed by atoms with Crippen LogP contribution in [0.1, 0.15) is 5.56 Å². The van der Waals surface area contributed by atoms with Gasteiger partial charge in [0.05, 0.1) is 19.4 Å². The van der Waals surface area contributed by atoms with Crippen molar-refractivity contribution >= 4 is 17.2 Å². The third-order valence-corrected chi connectivity index (χ3v) is 4.96. The normalized spacial score (nSPS) is 11.8. The Morgan fingerprint density at radius 2 is 2.19 bits per heavy atom. The second-order valence-electron chi connectivity index (χ2n) is 6.28. The van der Waals surface area contributed by atoms with Gasteiger partial charge in [0.15, 0.2) is 0 Å². The summed E-state index contributed by atoms with van der Waals surface area (Å²) in [6, 6.07) is 3.97. The van der Waals surface area contributed by atoms with Crippen molar-refractivity contribution in [3.05, 3.63) is 63.4 Å². The highest BCUT2D eigenvalue weighted by molar-refractivity contribution is 7.08. The molecule has 142 valence electrons. The topological polar surface area (TPSA) is 82.0 Å². The zero-order valence-electron chi connectivity index (χ0n) is 15.2. The maximum absolute atomic E-state index is 12.7. The average Bonchev–Trinajstić information content (AvgIpc) is 3.28. The molecule has 0 spiro atoms. The molecule has 0 aromatic carbocycles. The maximum atomic E-state index is 12.7. The SMILES string of the molecule is CN(C)c1ccc(-c2cscc2Cn2cnn(C/C(=C/F)CN)c2=O)cn1. The molecule has 9 heteroatoms. The highest BCUT2D eigenvalue weighted by Gasteiger charge is 2.12. The third kappa shape index (κ3) is 4.15. The molecule has 3 heterocycles. The first kappa shape index (κ1) is 19.0. The number of hydrogen-bond donors (Lipinski definition) is 1. The van der Waals surface area contributed by atoms with Gasteiger partial charge in [-0.25, -0.2) is 18.9 Å². The molecule has 3 rings (SSSR count). The summed E-state index contributed by atoms with van der Waals surface area (Å²) < 4.78 is 15.4. The zero-order valence-corrected chi connectivity index (χ0v) is 16.0. The van der Waals surface area contributed by atoms with Gasteiger partial charge in [0.25, 0.3) is 0 Å². The van der Waals surface area contributed by atoms with Crippen molar-refractivity contribution in [1.82, 2.24) is 19.3 Å². The largest absolute Gasteiger partial charge is 0.363 e. The van der Waals surface area contributed by atoms with Crippen LogP contribution in [0.4, 0.5) is 10.2 Å². The van der Waals surface area contributed by atoms with Gasteiger partial charge in [-0.1, -0.05) is 0 Å². The summed E-state index contributed by atoms with van der Waals surface area (Å²) >= 11 is 1.57. The summed E-state index contributed by atoms with van der Waals surface area (Å²) in [7, 11) is 3.88. The molecule has 0 saturated carbocycles. The van der Waals surface area contributed by atoms with Gasteiger partial charge in [-0.3, -0.25) is 4.57 Å². The molecule has 0 unspecified atom stereocenters. The summed E-state index contributed by atoms with van der Waals surface area (Å²) in [5.74, 6) is 0.879. The van der Waals surface area contributed by atoms with Crippen LogP contribution in [-0.2, 0) is 13.1 Å². The van der Waals surface area contributed by atoms with E-state index in [9.17, 15) is 9.18 Å². The number of pyridine rings is 1. The Bertz CT molecular complexity index is 986. The fourth-order valence-corrected chi connectivity index (χ4v) is 3.47. The number of anilines is 1. The van der Waals surface area contributed by atoms with Crippen LogP contribution in [0.25, 0.3) is 11.1 Å². The smallest absolute Gasteiger partial charge is 0.346 e. The van der Waals surface area contributed by atoms with Crippen LogP contribution in [0.2, 0.25) is 0 Å². The lowest BCUT2D eigenvalue weighted by atomic mass is 10.1. The van der Waals surface area contributed by atoms with Gasteiger partial charge in [0, 0.05) is 32.4 Å². The van der Waals surface area contributed by atoms with Crippen molar-refractivity contribution < 1.29 is 4.39 Å². The molecule has 3 aromatic heterocycles. The number of thiophene rings is 1. The van der Waals surface area contributed by atoms with E-state index < -0.39 is 0 Å². The lowest BCUT2D eigenvalue weighted by Crippen LogP contribution is -2.27. The van der Waals surface area contributed by atoms with Gasteiger partial charge in [0.2, 0.25) is 0 Å². The van der Waals surface area contributed by atoms with Crippen LogP contribution < -0.4 is 16.3 Å². The average molecular weight is 388 g/mol. The van der Waals surface area contributed by atoms with Crippen molar-refractivity contribution in [2.75, 3.05) is 25.5 Å². The molecule has 0 fully saturated rings. The summed E-state index contributed by atoms with van der Waals surface area (Å²) in [4.78, 5) is 18.9. The van der Waals surface area contributed by atoms with Gasteiger partial charge in [0.1, 0.15) is 12.1 Å². The monoisotopic (exact) mass is 388 g/mol. The molecule has 0 bridgehead atoms. The molecule has 0 aliphatic heterocycles. The van der Waals surface area contributed by atoms with E-state index in [1.165, 1.54) is 15.6 Å². The minimum atomic E-state index is -0.305. The van der Waals surface area contributed by atoms with E-state index in [0.29, 0.717) is 18.4 Å². The predicted octanol–water partition coefficient (Wildman–Crippen LogP) is 2.09. The number of aromatic nitrogens is 4. The highest BCUT2D eigenvalue weighted by atomic mass is 32.1. The van der Waals surface area contributed by atoms with Crippen molar-refractivity contribution in [2.24, 2.45) is 5.73 Å². The second-order valence-corrected chi connectivity index (χ2v) is 7.02. The van der Waals surface area contributed by atoms with Crippen LogP contribution >= 0.6 is 11.3 Å². The van der Waals surface area contributed by atoms with E-state index >= 15 is 0 Å². The number of rotatable bonds is 7. The van der Waals surface area contributed by atoms with Gasteiger partial charge in [-0.05, 0) is 39.6 Å². The Morgan fingerprint density at radius 1 is 1.37 bits per heavy atom. The van der Waals surface area contributed by atoms with Crippen molar-refractivity contribution in [1.29, 1.82) is 0 Å². The van der Waals surface area contributed by atoms with Crippen molar-refractivity contribution in [2.45, 2.75) is 13.1 Å².